The third kappa shape index (κ3) is 6.14. The fraction of sp³-hybridized carbons (Fsp3) is 0.154. The second kappa shape index (κ2) is 10.7. The predicted molar refractivity (Wildman–Crippen MR) is 129 cm³/mol. The number of halogens is 1. The average molecular weight is 462 g/mol. The van der Waals surface area contributed by atoms with Crippen molar-refractivity contribution >= 4 is 34.5 Å². The molecule has 1 atom stereocenters. The van der Waals surface area contributed by atoms with Crippen LogP contribution in [0.5, 0.6) is 0 Å². The van der Waals surface area contributed by atoms with Crippen LogP contribution in [-0.4, -0.2) is 23.0 Å². The Morgan fingerprint density at radius 2 is 1.70 bits per heavy atom. The van der Waals surface area contributed by atoms with E-state index in [-0.39, 0.29) is 12.5 Å². The molecular weight excluding hydrogens is 438 g/mol. The van der Waals surface area contributed by atoms with E-state index in [4.69, 9.17) is 16.3 Å². The molecule has 0 bridgehead atoms. The predicted octanol–water partition coefficient (Wildman–Crippen LogP) is 4.98. The lowest BCUT2D eigenvalue weighted by Crippen LogP contribution is -2.48. The Labute approximate surface area is 196 Å². The number of hydrogen-bond acceptors (Lipinski definition) is 3. The Balaban J connectivity index is 1.45. The highest BCUT2D eigenvalue weighted by atomic mass is 35.5. The summed E-state index contributed by atoms with van der Waals surface area (Å²) in [5.41, 5.74) is 3.63. The number of carbonyl (C=O) groups is 2. The van der Waals surface area contributed by atoms with Crippen LogP contribution in [0.1, 0.15) is 16.7 Å². The number of fused-ring (bicyclic) bond motifs is 1. The molecular formula is C26H24ClN3O3. The molecule has 4 rings (SSSR count). The van der Waals surface area contributed by atoms with Crippen LogP contribution in [0.15, 0.2) is 85.1 Å². The van der Waals surface area contributed by atoms with E-state index >= 15 is 0 Å². The number of ether oxygens (including phenoxy) is 1. The molecule has 2 amide bonds. The van der Waals surface area contributed by atoms with Gasteiger partial charge in [-0.05, 0) is 34.9 Å². The molecule has 0 fully saturated rings. The van der Waals surface area contributed by atoms with Gasteiger partial charge in [-0.25, -0.2) is 4.79 Å². The van der Waals surface area contributed by atoms with Crippen molar-refractivity contribution in [1.29, 1.82) is 0 Å². The first-order valence-corrected chi connectivity index (χ1v) is 11.0. The van der Waals surface area contributed by atoms with Gasteiger partial charge in [0.1, 0.15) is 12.6 Å². The molecule has 0 spiro atoms. The Morgan fingerprint density at radius 1 is 0.939 bits per heavy atom. The van der Waals surface area contributed by atoms with Gasteiger partial charge in [0.05, 0.1) is 0 Å². The quantitative estimate of drug-likeness (QED) is 0.346. The van der Waals surface area contributed by atoms with Crippen LogP contribution in [0.25, 0.3) is 10.9 Å². The first kappa shape index (κ1) is 22.4. The van der Waals surface area contributed by atoms with Crippen LogP contribution in [0.3, 0.4) is 0 Å². The summed E-state index contributed by atoms with van der Waals surface area (Å²) in [4.78, 5) is 28.8. The van der Waals surface area contributed by atoms with Crippen molar-refractivity contribution in [1.82, 2.24) is 15.6 Å². The summed E-state index contributed by atoms with van der Waals surface area (Å²) >= 11 is 6.04. The molecule has 33 heavy (non-hydrogen) atoms. The molecule has 6 nitrogen and oxygen atoms in total. The summed E-state index contributed by atoms with van der Waals surface area (Å²) in [7, 11) is 0. The number of aromatic amines is 1. The lowest BCUT2D eigenvalue weighted by atomic mass is 10.0. The third-order valence-electron chi connectivity index (χ3n) is 5.28. The molecule has 0 unspecified atom stereocenters. The fourth-order valence-corrected chi connectivity index (χ4v) is 3.81. The van der Waals surface area contributed by atoms with Crippen LogP contribution in [0.2, 0.25) is 5.02 Å². The molecule has 0 saturated carbocycles. The van der Waals surface area contributed by atoms with Crippen molar-refractivity contribution in [2.75, 3.05) is 0 Å². The number of rotatable bonds is 8. The minimum Gasteiger partial charge on any atom is -0.445 e. The number of hydrogen-bond donors (Lipinski definition) is 3. The summed E-state index contributed by atoms with van der Waals surface area (Å²) in [6.07, 6.45) is 1.52. The zero-order chi connectivity index (χ0) is 23.0. The summed E-state index contributed by atoms with van der Waals surface area (Å²) in [6, 6.07) is 23.7. The van der Waals surface area contributed by atoms with E-state index in [0.717, 1.165) is 27.6 Å². The smallest absolute Gasteiger partial charge is 0.408 e. The second-order valence-corrected chi connectivity index (χ2v) is 8.11. The van der Waals surface area contributed by atoms with Gasteiger partial charge in [-0.1, -0.05) is 72.3 Å². The lowest BCUT2D eigenvalue weighted by Gasteiger charge is -2.18. The molecule has 3 aromatic carbocycles. The molecule has 168 valence electrons. The van der Waals surface area contributed by atoms with E-state index in [2.05, 4.69) is 15.6 Å². The highest BCUT2D eigenvalue weighted by Crippen LogP contribution is 2.19. The Kier molecular flexibility index (Phi) is 7.27. The van der Waals surface area contributed by atoms with Gasteiger partial charge in [-0.15, -0.1) is 0 Å². The molecule has 0 aliphatic carbocycles. The van der Waals surface area contributed by atoms with Crippen molar-refractivity contribution in [2.24, 2.45) is 0 Å². The molecule has 0 aliphatic heterocycles. The van der Waals surface area contributed by atoms with Crippen molar-refractivity contribution in [3.63, 3.8) is 0 Å². The monoisotopic (exact) mass is 461 g/mol. The molecule has 1 aromatic heterocycles. The summed E-state index contributed by atoms with van der Waals surface area (Å²) in [5, 5.41) is 7.21. The normalized spacial score (nSPS) is 11.7. The van der Waals surface area contributed by atoms with Crippen LogP contribution in [0, 0.1) is 0 Å². The topological polar surface area (TPSA) is 83.2 Å². The molecule has 7 heteroatoms. The minimum absolute atomic E-state index is 0.122. The maximum Gasteiger partial charge on any atom is 0.408 e. The molecule has 3 N–H and O–H groups in total. The van der Waals surface area contributed by atoms with Gasteiger partial charge in [0.15, 0.2) is 0 Å². The van der Waals surface area contributed by atoms with Gasteiger partial charge in [0, 0.05) is 35.1 Å². The van der Waals surface area contributed by atoms with Gasteiger partial charge < -0.3 is 20.4 Å². The lowest BCUT2D eigenvalue weighted by molar-refractivity contribution is -0.123. The summed E-state index contributed by atoms with van der Waals surface area (Å²) in [5.74, 6) is -0.308. The van der Waals surface area contributed by atoms with Crippen molar-refractivity contribution in [3.8, 4) is 0 Å². The van der Waals surface area contributed by atoms with E-state index in [9.17, 15) is 9.59 Å². The minimum atomic E-state index is -0.813. The molecule has 1 heterocycles. The number of nitrogens with one attached hydrogen (secondary N) is 3. The van der Waals surface area contributed by atoms with Gasteiger partial charge in [-0.2, -0.15) is 0 Å². The molecule has 0 radical (unpaired) electrons. The molecule has 0 saturated heterocycles. The maximum atomic E-state index is 13.0. The zero-order valence-electron chi connectivity index (χ0n) is 17.9. The number of para-hydroxylation sites is 1. The highest BCUT2D eigenvalue weighted by Gasteiger charge is 2.23. The third-order valence-corrected chi connectivity index (χ3v) is 5.51. The number of amides is 2. The summed E-state index contributed by atoms with van der Waals surface area (Å²) in [6.45, 7) is 0.418. The molecule has 4 aromatic rings. The van der Waals surface area contributed by atoms with E-state index in [1.807, 2.05) is 72.9 Å². The van der Waals surface area contributed by atoms with Gasteiger partial charge in [-0.3, -0.25) is 4.79 Å². The van der Waals surface area contributed by atoms with Crippen LogP contribution in [-0.2, 0) is 29.1 Å². The number of H-pyrrole nitrogens is 1. The fourth-order valence-electron chi connectivity index (χ4n) is 3.60. The Morgan fingerprint density at radius 3 is 2.52 bits per heavy atom. The Bertz CT molecular complexity index is 1240. The van der Waals surface area contributed by atoms with Crippen LogP contribution < -0.4 is 10.6 Å². The van der Waals surface area contributed by atoms with Gasteiger partial charge in [0.25, 0.3) is 0 Å². The van der Waals surface area contributed by atoms with Crippen molar-refractivity contribution in [2.45, 2.75) is 25.6 Å². The second-order valence-electron chi connectivity index (χ2n) is 7.67. The number of aromatic nitrogens is 1. The number of carbonyl (C=O) groups excluding carboxylic acids is 2. The van der Waals surface area contributed by atoms with Crippen molar-refractivity contribution < 1.29 is 14.3 Å². The largest absolute Gasteiger partial charge is 0.445 e. The van der Waals surface area contributed by atoms with E-state index in [1.54, 1.807) is 12.1 Å². The summed E-state index contributed by atoms with van der Waals surface area (Å²) < 4.78 is 5.34. The van der Waals surface area contributed by atoms with Gasteiger partial charge in [0.2, 0.25) is 5.91 Å². The maximum absolute atomic E-state index is 13.0. The highest BCUT2D eigenvalue weighted by molar-refractivity contribution is 6.30. The number of alkyl carbamates (subject to hydrolysis) is 1. The number of benzene rings is 3. The SMILES string of the molecule is O=C(N[C@H](Cc1c[nH]c2ccccc12)C(=O)NCc1cccc(Cl)c1)OCc1ccccc1. The van der Waals surface area contributed by atoms with Crippen LogP contribution in [0.4, 0.5) is 4.79 Å². The molecule has 0 aliphatic rings. The first-order valence-electron chi connectivity index (χ1n) is 10.6. The Hall–Kier alpha value is -3.77. The van der Waals surface area contributed by atoms with E-state index in [1.165, 1.54) is 0 Å². The van der Waals surface area contributed by atoms with Crippen LogP contribution >= 0.6 is 11.6 Å². The van der Waals surface area contributed by atoms with E-state index < -0.39 is 12.1 Å². The van der Waals surface area contributed by atoms with Gasteiger partial charge >= 0.3 is 6.09 Å². The average Bonchev–Trinajstić information content (AvgIpc) is 3.24. The van der Waals surface area contributed by atoms with Crippen molar-refractivity contribution in [3.05, 3.63) is 107 Å². The first-order chi connectivity index (χ1) is 16.1. The standard InChI is InChI=1S/C26H24ClN3O3/c27-21-10-6-9-19(13-21)15-29-25(31)24(14-20-16-28-23-12-5-4-11-22(20)23)30-26(32)33-17-18-7-2-1-3-8-18/h1-13,16,24,28H,14-15,17H2,(H,29,31)(H,30,32)/t24-/m1/s1. The zero-order valence-corrected chi connectivity index (χ0v) is 18.6. The van der Waals surface area contributed by atoms with E-state index in [0.29, 0.717) is 18.0 Å².